The summed E-state index contributed by atoms with van der Waals surface area (Å²) >= 11 is 0. The van der Waals surface area contributed by atoms with Gasteiger partial charge in [0.15, 0.2) is 0 Å². The third kappa shape index (κ3) is 2.93. The average molecular weight is 510 g/mol. The van der Waals surface area contributed by atoms with Crippen LogP contribution in [0, 0.1) is 0 Å². The number of furan rings is 1. The van der Waals surface area contributed by atoms with E-state index < -0.39 is 0 Å². The van der Waals surface area contributed by atoms with E-state index in [0.29, 0.717) is 0 Å². The molecule has 40 heavy (non-hydrogen) atoms. The van der Waals surface area contributed by atoms with Gasteiger partial charge in [0.1, 0.15) is 11.2 Å². The lowest BCUT2D eigenvalue weighted by molar-refractivity contribution is 0.669. The Balaban J connectivity index is 1.32. The van der Waals surface area contributed by atoms with Crippen LogP contribution in [0.2, 0.25) is 0 Å². The molecule has 0 fully saturated rings. The summed E-state index contributed by atoms with van der Waals surface area (Å²) < 4.78 is 8.58. The van der Waals surface area contributed by atoms with Crippen molar-refractivity contribution in [3.05, 3.63) is 140 Å². The molecule has 0 aliphatic rings. The molecule has 0 aliphatic heterocycles. The quantitative estimate of drug-likeness (QED) is 0.227. The SMILES string of the molecule is c1ccc2c(c1)ccc1c2c2c3ccccc3ccc2n1-c1ccc(-c2cccc3oc4ccccc4c23)cc1. The predicted molar refractivity (Wildman–Crippen MR) is 169 cm³/mol. The van der Waals surface area contributed by atoms with Gasteiger partial charge in [-0.05, 0) is 69.1 Å². The van der Waals surface area contributed by atoms with E-state index in [4.69, 9.17) is 4.42 Å². The minimum atomic E-state index is 0.920. The van der Waals surface area contributed by atoms with Crippen molar-refractivity contribution in [3.8, 4) is 16.8 Å². The first-order valence-electron chi connectivity index (χ1n) is 13.7. The number of hydrogen-bond donors (Lipinski definition) is 0. The number of rotatable bonds is 2. The second-order valence-electron chi connectivity index (χ2n) is 10.5. The van der Waals surface area contributed by atoms with Gasteiger partial charge in [-0.3, -0.25) is 0 Å². The number of hydrogen-bond acceptors (Lipinski definition) is 1. The Morgan fingerprint density at radius 3 is 1.65 bits per heavy atom. The Morgan fingerprint density at radius 2 is 0.975 bits per heavy atom. The fourth-order valence-electron chi connectivity index (χ4n) is 6.63. The molecule has 0 spiro atoms. The molecule has 7 aromatic carbocycles. The highest BCUT2D eigenvalue weighted by Crippen LogP contribution is 2.41. The van der Waals surface area contributed by atoms with Crippen molar-refractivity contribution in [1.29, 1.82) is 0 Å². The second kappa shape index (κ2) is 8.08. The minimum absolute atomic E-state index is 0.920. The van der Waals surface area contributed by atoms with Crippen LogP contribution in [0.1, 0.15) is 0 Å². The summed E-state index contributed by atoms with van der Waals surface area (Å²) in [5.74, 6) is 0. The molecule has 0 saturated heterocycles. The molecule has 0 atom stereocenters. The normalized spacial score (nSPS) is 12.0. The van der Waals surface area contributed by atoms with E-state index in [2.05, 4.69) is 132 Å². The van der Waals surface area contributed by atoms with Crippen molar-refractivity contribution in [2.24, 2.45) is 0 Å². The van der Waals surface area contributed by atoms with Crippen molar-refractivity contribution in [2.45, 2.75) is 0 Å². The standard InChI is InChI=1S/C38H23NO/c1-3-10-29-24(8-1)18-22-32-37(29)38-30-11-4-2-9-25(30)19-23-33(38)39(32)27-20-16-26(17-21-27)28-13-7-15-35-36(28)31-12-5-6-14-34(31)40-35/h1-23H. The average Bonchev–Trinajstić information content (AvgIpc) is 3.57. The molecule has 2 heterocycles. The number of para-hydroxylation sites is 1. The van der Waals surface area contributed by atoms with Gasteiger partial charge in [-0.2, -0.15) is 0 Å². The van der Waals surface area contributed by atoms with Gasteiger partial charge in [0.25, 0.3) is 0 Å². The number of aromatic nitrogens is 1. The molecule has 0 aliphatic carbocycles. The van der Waals surface area contributed by atoms with Crippen LogP contribution < -0.4 is 0 Å². The van der Waals surface area contributed by atoms with Gasteiger partial charge in [-0.1, -0.05) is 103 Å². The van der Waals surface area contributed by atoms with Crippen LogP contribution in [-0.4, -0.2) is 4.57 Å². The van der Waals surface area contributed by atoms with Crippen LogP contribution >= 0.6 is 0 Å². The summed E-state index contributed by atoms with van der Waals surface area (Å²) in [7, 11) is 0. The van der Waals surface area contributed by atoms with E-state index in [1.165, 1.54) is 59.9 Å². The monoisotopic (exact) mass is 509 g/mol. The third-order valence-corrected chi connectivity index (χ3v) is 8.38. The van der Waals surface area contributed by atoms with Crippen LogP contribution in [0.4, 0.5) is 0 Å². The van der Waals surface area contributed by atoms with Gasteiger partial charge in [0.05, 0.1) is 11.0 Å². The van der Waals surface area contributed by atoms with Gasteiger partial charge in [0.2, 0.25) is 0 Å². The molecule has 2 aromatic heterocycles. The van der Waals surface area contributed by atoms with E-state index >= 15 is 0 Å². The first kappa shape index (κ1) is 21.6. The molecule has 0 amide bonds. The van der Waals surface area contributed by atoms with Gasteiger partial charge >= 0.3 is 0 Å². The Bertz CT molecular complexity index is 2330. The Hall–Kier alpha value is -5.34. The van der Waals surface area contributed by atoms with Gasteiger partial charge < -0.3 is 8.98 Å². The Morgan fingerprint density at radius 1 is 0.400 bits per heavy atom. The summed E-state index contributed by atoms with van der Waals surface area (Å²) in [6.07, 6.45) is 0. The summed E-state index contributed by atoms with van der Waals surface area (Å²) in [4.78, 5) is 0. The zero-order valence-electron chi connectivity index (χ0n) is 21.6. The molecule has 9 rings (SSSR count). The zero-order chi connectivity index (χ0) is 26.2. The van der Waals surface area contributed by atoms with Crippen molar-refractivity contribution >= 4 is 65.3 Å². The van der Waals surface area contributed by atoms with Crippen molar-refractivity contribution in [1.82, 2.24) is 4.57 Å². The maximum atomic E-state index is 6.16. The van der Waals surface area contributed by atoms with Crippen LogP contribution in [0.5, 0.6) is 0 Å². The highest BCUT2D eigenvalue weighted by atomic mass is 16.3. The summed E-state index contributed by atoms with van der Waals surface area (Å²) in [6, 6.07) is 50.1. The van der Waals surface area contributed by atoms with Crippen LogP contribution in [0.15, 0.2) is 144 Å². The molecule has 2 heteroatoms. The molecule has 9 aromatic rings. The van der Waals surface area contributed by atoms with Crippen molar-refractivity contribution in [2.75, 3.05) is 0 Å². The lowest BCUT2D eigenvalue weighted by atomic mass is 9.99. The van der Waals surface area contributed by atoms with Gasteiger partial charge in [-0.15, -0.1) is 0 Å². The van der Waals surface area contributed by atoms with Crippen LogP contribution in [0.3, 0.4) is 0 Å². The molecule has 0 radical (unpaired) electrons. The van der Waals surface area contributed by atoms with Gasteiger partial charge in [-0.25, -0.2) is 0 Å². The molecule has 0 bridgehead atoms. The molecule has 186 valence electrons. The smallest absolute Gasteiger partial charge is 0.136 e. The molecular weight excluding hydrogens is 486 g/mol. The minimum Gasteiger partial charge on any atom is -0.456 e. The topological polar surface area (TPSA) is 18.1 Å². The Kier molecular flexibility index (Phi) is 4.36. The molecule has 0 saturated carbocycles. The van der Waals surface area contributed by atoms with E-state index in [-0.39, 0.29) is 0 Å². The fourth-order valence-corrected chi connectivity index (χ4v) is 6.63. The first-order valence-corrected chi connectivity index (χ1v) is 13.7. The van der Waals surface area contributed by atoms with Crippen molar-refractivity contribution in [3.63, 3.8) is 0 Å². The zero-order valence-corrected chi connectivity index (χ0v) is 21.6. The van der Waals surface area contributed by atoms with E-state index in [0.717, 1.165) is 22.2 Å². The number of nitrogens with zero attached hydrogens (tertiary/aromatic N) is 1. The summed E-state index contributed by atoms with van der Waals surface area (Å²) in [6.45, 7) is 0. The number of benzene rings is 7. The highest BCUT2D eigenvalue weighted by molar-refractivity contribution is 6.28. The van der Waals surface area contributed by atoms with E-state index in [1.54, 1.807) is 0 Å². The fraction of sp³-hybridized carbons (Fsp3) is 0. The van der Waals surface area contributed by atoms with Crippen LogP contribution in [0.25, 0.3) is 82.1 Å². The summed E-state index contributed by atoms with van der Waals surface area (Å²) in [5, 5.41) is 10.0. The Labute approximate surface area is 230 Å². The first-order chi connectivity index (χ1) is 19.8. The number of fused-ring (bicyclic) bond motifs is 10. The van der Waals surface area contributed by atoms with E-state index in [1.807, 2.05) is 12.1 Å². The molecule has 0 N–H and O–H groups in total. The second-order valence-corrected chi connectivity index (χ2v) is 10.5. The van der Waals surface area contributed by atoms with Crippen molar-refractivity contribution < 1.29 is 4.42 Å². The molecule has 0 unspecified atom stereocenters. The molecular formula is C38H23NO. The highest BCUT2D eigenvalue weighted by Gasteiger charge is 2.18. The molecule has 2 nitrogen and oxygen atoms in total. The third-order valence-electron chi connectivity index (χ3n) is 8.38. The summed E-state index contributed by atoms with van der Waals surface area (Å²) in [5.41, 5.74) is 7.81. The lowest BCUT2D eigenvalue weighted by Crippen LogP contribution is -1.94. The lowest BCUT2D eigenvalue weighted by Gasteiger charge is -2.10. The van der Waals surface area contributed by atoms with E-state index in [9.17, 15) is 0 Å². The largest absolute Gasteiger partial charge is 0.456 e. The predicted octanol–water partition coefficient (Wildman–Crippen LogP) is 10.7. The maximum absolute atomic E-state index is 6.16. The maximum Gasteiger partial charge on any atom is 0.136 e. The van der Waals surface area contributed by atoms with Gasteiger partial charge in [0, 0.05) is 27.2 Å². The van der Waals surface area contributed by atoms with Crippen LogP contribution in [-0.2, 0) is 0 Å².